The first-order chi connectivity index (χ1) is 9.58. The maximum absolute atomic E-state index is 12.0. The number of carbonyl (C=O) groups excluding carboxylic acids is 1. The molecule has 1 fully saturated rings. The molecule has 1 heterocycles. The second-order valence-corrected chi connectivity index (χ2v) is 6.05. The average molecular weight is 274 g/mol. The van der Waals surface area contributed by atoms with Crippen molar-refractivity contribution in [2.24, 2.45) is 0 Å². The third kappa shape index (κ3) is 3.83. The number of hydrogen-bond acceptors (Lipinski definition) is 2. The molecule has 1 aliphatic rings. The molecule has 0 aromatic heterocycles. The summed E-state index contributed by atoms with van der Waals surface area (Å²) in [6.45, 7) is 7.34. The highest BCUT2D eigenvalue weighted by molar-refractivity contribution is 5.81. The lowest BCUT2D eigenvalue weighted by Crippen LogP contribution is -2.43. The second-order valence-electron chi connectivity index (χ2n) is 6.05. The molecule has 0 radical (unpaired) electrons. The molecule has 2 unspecified atom stereocenters. The van der Waals surface area contributed by atoms with Gasteiger partial charge < -0.3 is 5.32 Å². The van der Waals surface area contributed by atoms with Crippen molar-refractivity contribution in [1.29, 1.82) is 0 Å². The number of nitrogens with one attached hydrogen (secondary N) is 2. The van der Waals surface area contributed by atoms with Gasteiger partial charge in [-0.05, 0) is 43.2 Å². The highest BCUT2D eigenvalue weighted by atomic mass is 16.2. The molecule has 0 aliphatic carbocycles. The van der Waals surface area contributed by atoms with Gasteiger partial charge in [0, 0.05) is 12.6 Å². The fraction of sp³-hybridized carbons (Fsp3) is 0.588. The van der Waals surface area contributed by atoms with Gasteiger partial charge in [0.1, 0.15) is 0 Å². The molecule has 2 N–H and O–H groups in total. The van der Waals surface area contributed by atoms with Gasteiger partial charge in [0.25, 0.3) is 0 Å². The maximum Gasteiger partial charge on any atom is 0.237 e. The van der Waals surface area contributed by atoms with E-state index in [4.69, 9.17) is 0 Å². The van der Waals surface area contributed by atoms with E-state index in [2.05, 4.69) is 55.7 Å². The summed E-state index contributed by atoms with van der Waals surface area (Å²) >= 11 is 0. The third-order valence-electron chi connectivity index (χ3n) is 4.09. The molecular weight excluding hydrogens is 248 g/mol. The summed E-state index contributed by atoms with van der Waals surface area (Å²) < 4.78 is 0. The number of rotatable bonds is 4. The first kappa shape index (κ1) is 15.0. The van der Waals surface area contributed by atoms with Crippen molar-refractivity contribution in [2.45, 2.75) is 58.0 Å². The zero-order valence-corrected chi connectivity index (χ0v) is 12.8. The number of hydrogen-bond donors (Lipinski definition) is 2. The lowest BCUT2D eigenvalue weighted by atomic mass is 9.99. The Morgan fingerprint density at radius 1 is 1.10 bits per heavy atom. The number of amides is 1. The lowest BCUT2D eigenvalue weighted by molar-refractivity contribution is -0.123. The van der Waals surface area contributed by atoms with Gasteiger partial charge in [0.2, 0.25) is 5.91 Å². The van der Waals surface area contributed by atoms with Gasteiger partial charge in [-0.2, -0.15) is 0 Å². The van der Waals surface area contributed by atoms with Crippen LogP contribution in [0.1, 0.15) is 63.1 Å². The Bertz CT molecular complexity index is 439. The molecule has 1 amide bonds. The van der Waals surface area contributed by atoms with Crippen LogP contribution in [0.15, 0.2) is 24.3 Å². The summed E-state index contributed by atoms with van der Waals surface area (Å²) in [4.78, 5) is 12.0. The van der Waals surface area contributed by atoms with E-state index < -0.39 is 0 Å². The van der Waals surface area contributed by atoms with Crippen LogP contribution in [0, 0.1) is 0 Å². The summed E-state index contributed by atoms with van der Waals surface area (Å²) in [5, 5.41) is 6.44. The Morgan fingerprint density at radius 2 is 1.75 bits per heavy atom. The lowest BCUT2D eigenvalue weighted by Gasteiger charge is -2.21. The van der Waals surface area contributed by atoms with Gasteiger partial charge in [0.15, 0.2) is 0 Å². The van der Waals surface area contributed by atoms with Crippen LogP contribution in [0.5, 0.6) is 0 Å². The van der Waals surface area contributed by atoms with Crippen LogP contribution in [0.2, 0.25) is 0 Å². The van der Waals surface area contributed by atoms with Gasteiger partial charge in [-0.1, -0.05) is 38.1 Å². The molecule has 1 aliphatic heterocycles. The molecular formula is C17H26N2O. The fourth-order valence-corrected chi connectivity index (χ4v) is 2.67. The van der Waals surface area contributed by atoms with E-state index >= 15 is 0 Å². The molecule has 2 atom stereocenters. The summed E-state index contributed by atoms with van der Waals surface area (Å²) in [6, 6.07) is 8.85. The van der Waals surface area contributed by atoms with E-state index in [9.17, 15) is 4.79 Å². The zero-order valence-electron chi connectivity index (χ0n) is 12.8. The summed E-state index contributed by atoms with van der Waals surface area (Å²) in [7, 11) is 0. The van der Waals surface area contributed by atoms with E-state index in [1.54, 1.807) is 0 Å². The largest absolute Gasteiger partial charge is 0.355 e. The van der Waals surface area contributed by atoms with Crippen molar-refractivity contribution >= 4 is 5.91 Å². The van der Waals surface area contributed by atoms with Crippen molar-refractivity contribution < 1.29 is 4.79 Å². The SMILES string of the molecule is CC(C)c1ccc(C(C)NC2CCCCNC2=O)cc1. The van der Waals surface area contributed by atoms with Gasteiger partial charge in [0.05, 0.1) is 6.04 Å². The predicted octanol–water partition coefficient (Wildman–Crippen LogP) is 3.13. The van der Waals surface area contributed by atoms with Crippen LogP contribution in [-0.2, 0) is 4.79 Å². The molecule has 3 nitrogen and oxygen atoms in total. The van der Waals surface area contributed by atoms with Crippen molar-refractivity contribution in [3.63, 3.8) is 0 Å². The minimum atomic E-state index is -0.0581. The Hall–Kier alpha value is -1.35. The first-order valence-electron chi connectivity index (χ1n) is 7.71. The molecule has 20 heavy (non-hydrogen) atoms. The summed E-state index contributed by atoms with van der Waals surface area (Å²) in [6.07, 6.45) is 3.12. The topological polar surface area (TPSA) is 41.1 Å². The third-order valence-corrected chi connectivity index (χ3v) is 4.09. The Labute approximate surface area is 122 Å². The average Bonchev–Trinajstić information content (AvgIpc) is 2.64. The van der Waals surface area contributed by atoms with Crippen LogP contribution in [0.4, 0.5) is 0 Å². The quantitative estimate of drug-likeness (QED) is 0.885. The molecule has 3 heteroatoms. The minimum Gasteiger partial charge on any atom is -0.355 e. The maximum atomic E-state index is 12.0. The Balaban J connectivity index is 1.99. The van der Waals surface area contributed by atoms with E-state index in [0.29, 0.717) is 5.92 Å². The highest BCUT2D eigenvalue weighted by Gasteiger charge is 2.22. The zero-order chi connectivity index (χ0) is 14.5. The van der Waals surface area contributed by atoms with Gasteiger partial charge in [-0.15, -0.1) is 0 Å². The monoisotopic (exact) mass is 274 g/mol. The van der Waals surface area contributed by atoms with E-state index in [1.165, 1.54) is 11.1 Å². The molecule has 2 rings (SSSR count). The molecule has 1 saturated heterocycles. The summed E-state index contributed by atoms with van der Waals surface area (Å²) in [5.41, 5.74) is 2.60. The van der Waals surface area contributed by atoms with E-state index in [0.717, 1.165) is 25.8 Å². The minimum absolute atomic E-state index is 0.0581. The fourth-order valence-electron chi connectivity index (χ4n) is 2.67. The van der Waals surface area contributed by atoms with Crippen LogP contribution < -0.4 is 10.6 Å². The van der Waals surface area contributed by atoms with Crippen molar-refractivity contribution in [1.82, 2.24) is 10.6 Å². The smallest absolute Gasteiger partial charge is 0.237 e. The molecule has 1 aromatic rings. The summed E-state index contributed by atoms with van der Waals surface area (Å²) in [5.74, 6) is 0.702. The van der Waals surface area contributed by atoms with Gasteiger partial charge in [-0.25, -0.2) is 0 Å². The Morgan fingerprint density at radius 3 is 2.40 bits per heavy atom. The molecule has 1 aromatic carbocycles. The van der Waals surface area contributed by atoms with Crippen LogP contribution >= 0.6 is 0 Å². The second kappa shape index (κ2) is 6.89. The number of carbonyl (C=O) groups is 1. The molecule has 0 spiro atoms. The van der Waals surface area contributed by atoms with Crippen molar-refractivity contribution in [3.8, 4) is 0 Å². The van der Waals surface area contributed by atoms with Crippen LogP contribution in [-0.4, -0.2) is 18.5 Å². The van der Waals surface area contributed by atoms with E-state index in [-0.39, 0.29) is 18.0 Å². The standard InChI is InChI=1S/C17H26N2O/c1-12(2)14-7-9-15(10-8-14)13(3)19-16-6-4-5-11-18-17(16)20/h7-10,12-13,16,19H,4-6,11H2,1-3H3,(H,18,20). The predicted molar refractivity (Wildman–Crippen MR) is 82.7 cm³/mol. The van der Waals surface area contributed by atoms with Crippen LogP contribution in [0.3, 0.4) is 0 Å². The van der Waals surface area contributed by atoms with Crippen molar-refractivity contribution in [2.75, 3.05) is 6.54 Å². The van der Waals surface area contributed by atoms with E-state index in [1.807, 2.05) is 0 Å². The first-order valence-corrected chi connectivity index (χ1v) is 7.71. The molecule has 0 saturated carbocycles. The normalized spacial score (nSPS) is 21.4. The molecule has 110 valence electrons. The molecule has 0 bridgehead atoms. The Kier molecular flexibility index (Phi) is 5.18. The van der Waals surface area contributed by atoms with Crippen molar-refractivity contribution in [3.05, 3.63) is 35.4 Å². The van der Waals surface area contributed by atoms with Crippen LogP contribution in [0.25, 0.3) is 0 Å². The van der Waals surface area contributed by atoms with Gasteiger partial charge >= 0.3 is 0 Å². The van der Waals surface area contributed by atoms with Gasteiger partial charge in [-0.3, -0.25) is 10.1 Å². The highest BCUT2D eigenvalue weighted by Crippen LogP contribution is 2.19. The number of benzene rings is 1.